The van der Waals surface area contributed by atoms with E-state index >= 15 is 0 Å². The standard InChI is InChI=1S/C17H13NO3/c1-21-17(20)12-4-2-11(3-5-12)13-6-8-15-14(10-13)7-9-16(19)18-15/h2-10H,1H3,(H,18,19). The van der Waals surface area contributed by atoms with Crippen LogP contribution in [0, 0.1) is 0 Å². The van der Waals surface area contributed by atoms with Gasteiger partial charge in [0.15, 0.2) is 0 Å². The smallest absolute Gasteiger partial charge is 0.337 e. The number of H-pyrrole nitrogens is 1. The average Bonchev–Trinajstić information content (AvgIpc) is 2.53. The van der Waals surface area contributed by atoms with Crippen molar-refractivity contribution in [3.8, 4) is 11.1 Å². The van der Waals surface area contributed by atoms with E-state index in [0.717, 1.165) is 22.0 Å². The molecule has 0 radical (unpaired) electrons. The number of rotatable bonds is 2. The maximum Gasteiger partial charge on any atom is 0.337 e. The molecule has 3 rings (SSSR count). The van der Waals surface area contributed by atoms with Gasteiger partial charge in [-0.3, -0.25) is 4.79 Å². The third-order valence-corrected chi connectivity index (χ3v) is 3.36. The number of methoxy groups -OCH3 is 1. The number of carbonyl (C=O) groups is 1. The van der Waals surface area contributed by atoms with E-state index in [9.17, 15) is 9.59 Å². The van der Waals surface area contributed by atoms with Crippen LogP contribution in [-0.2, 0) is 4.74 Å². The maximum atomic E-state index is 11.4. The molecule has 0 aliphatic heterocycles. The first-order valence-corrected chi connectivity index (χ1v) is 6.49. The van der Waals surface area contributed by atoms with E-state index in [1.807, 2.05) is 30.3 Å². The fourth-order valence-electron chi connectivity index (χ4n) is 2.25. The molecule has 0 bridgehead atoms. The van der Waals surface area contributed by atoms with E-state index in [0.29, 0.717) is 5.56 Å². The van der Waals surface area contributed by atoms with Crippen LogP contribution in [0.25, 0.3) is 22.0 Å². The fraction of sp³-hybridized carbons (Fsp3) is 0.0588. The van der Waals surface area contributed by atoms with Gasteiger partial charge in [-0.15, -0.1) is 0 Å². The van der Waals surface area contributed by atoms with Gasteiger partial charge in [0.2, 0.25) is 5.56 Å². The lowest BCUT2D eigenvalue weighted by atomic mass is 10.0. The molecular formula is C17H13NO3. The second-order valence-electron chi connectivity index (χ2n) is 4.69. The SMILES string of the molecule is COC(=O)c1ccc(-c2ccc3[nH]c(=O)ccc3c2)cc1. The topological polar surface area (TPSA) is 59.2 Å². The summed E-state index contributed by atoms with van der Waals surface area (Å²) in [7, 11) is 1.36. The Bertz CT molecular complexity index is 863. The Hall–Kier alpha value is -2.88. The third kappa shape index (κ3) is 2.56. The van der Waals surface area contributed by atoms with Crippen LogP contribution in [0.15, 0.2) is 59.4 Å². The van der Waals surface area contributed by atoms with Crippen molar-refractivity contribution in [2.24, 2.45) is 0 Å². The Balaban J connectivity index is 2.02. The molecule has 1 heterocycles. The number of aromatic amines is 1. The summed E-state index contributed by atoms with van der Waals surface area (Å²) in [4.78, 5) is 25.5. The zero-order valence-electron chi connectivity index (χ0n) is 11.4. The first-order valence-electron chi connectivity index (χ1n) is 6.49. The van der Waals surface area contributed by atoms with Crippen LogP contribution in [0.3, 0.4) is 0 Å². The van der Waals surface area contributed by atoms with E-state index in [4.69, 9.17) is 0 Å². The molecule has 4 heteroatoms. The second-order valence-corrected chi connectivity index (χ2v) is 4.69. The average molecular weight is 279 g/mol. The van der Waals surface area contributed by atoms with Gasteiger partial charge in [-0.2, -0.15) is 0 Å². The van der Waals surface area contributed by atoms with Crippen molar-refractivity contribution in [3.05, 3.63) is 70.5 Å². The van der Waals surface area contributed by atoms with Gasteiger partial charge in [-0.05, 0) is 46.8 Å². The molecule has 0 saturated carbocycles. The van der Waals surface area contributed by atoms with E-state index in [1.54, 1.807) is 18.2 Å². The van der Waals surface area contributed by atoms with Crippen molar-refractivity contribution in [1.29, 1.82) is 0 Å². The van der Waals surface area contributed by atoms with Crippen molar-refractivity contribution in [2.75, 3.05) is 7.11 Å². The molecule has 0 aliphatic carbocycles. The zero-order valence-corrected chi connectivity index (χ0v) is 11.4. The van der Waals surface area contributed by atoms with E-state index in [2.05, 4.69) is 9.72 Å². The number of benzene rings is 2. The number of esters is 1. The summed E-state index contributed by atoms with van der Waals surface area (Å²) in [5, 5.41) is 0.962. The lowest BCUT2D eigenvalue weighted by molar-refractivity contribution is 0.0601. The van der Waals surface area contributed by atoms with Crippen LogP contribution in [-0.4, -0.2) is 18.1 Å². The number of carbonyl (C=O) groups excluding carboxylic acids is 1. The molecular weight excluding hydrogens is 266 g/mol. The number of hydrogen-bond acceptors (Lipinski definition) is 3. The summed E-state index contributed by atoms with van der Waals surface area (Å²) in [6.07, 6.45) is 0. The van der Waals surface area contributed by atoms with Crippen molar-refractivity contribution >= 4 is 16.9 Å². The molecule has 0 atom stereocenters. The molecule has 3 aromatic rings. The Morgan fingerprint density at radius 2 is 1.67 bits per heavy atom. The Morgan fingerprint density at radius 3 is 2.38 bits per heavy atom. The van der Waals surface area contributed by atoms with Crippen molar-refractivity contribution in [3.63, 3.8) is 0 Å². The molecule has 0 aliphatic rings. The van der Waals surface area contributed by atoms with Crippen molar-refractivity contribution in [1.82, 2.24) is 4.98 Å². The van der Waals surface area contributed by atoms with E-state index in [-0.39, 0.29) is 11.5 Å². The van der Waals surface area contributed by atoms with Crippen molar-refractivity contribution < 1.29 is 9.53 Å². The molecule has 21 heavy (non-hydrogen) atoms. The summed E-state index contributed by atoms with van der Waals surface area (Å²) in [6, 6.07) is 16.3. The molecule has 104 valence electrons. The quantitative estimate of drug-likeness (QED) is 0.734. The van der Waals surface area contributed by atoms with E-state index < -0.39 is 0 Å². The predicted octanol–water partition coefficient (Wildman–Crippen LogP) is 2.98. The number of hydrogen-bond donors (Lipinski definition) is 1. The first-order chi connectivity index (χ1) is 10.2. The number of nitrogens with one attached hydrogen (secondary N) is 1. The fourth-order valence-corrected chi connectivity index (χ4v) is 2.25. The van der Waals surface area contributed by atoms with Gasteiger partial charge < -0.3 is 9.72 Å². The molecule has 0 amide bonds. The van der Waals surface area contributed by atoms with Gasteiger partial charge in [-0.1, -0.05) is 18.2 Å². The number of aromatic nitrogens is 1. The monoisotopic (exact) mass is 279 g/mol. The normalized spacial score (nSPS) is 10.5. The molecule has 0 spiro atoms. The Morgan fingerprint density at radius 1 is 0.952 bits per heavy atom. The number of ether oxygens (including phenoxy) is 1. The van der Waals surface area contributed by atoms with Crippen LogP contribution in [0.4, 0.5) is 0 Å². The predicted molar refractivity (Wildman–Crippen MR) is 81.3 cm³/mol. The third-order valence-electron chi connectivity index (χ3n) is 3.36. The molecule has 1 N–H and O–H groups in total. The molecule has 1 aromatic heterocycles. The van der Waals surface area contributed by atoms with Gasteiger partial charge in [0, 0.05) is 11.6 Å². The summed E-state index contributed by atoms with van der Waals surface area (Å²) < 4.78 is 4.68. The highest BCUT2D eigenvalue weighted by molar-refractivity contribution is 5.90. The summed E-state index contributed by atoms with van der Waals surface area (Å²) >= 11 is 0. The number of fused-ring (bicyclic) bond motifs is 1. The largest absolute Gasteiger partial charge is 0.465 e. The Kier molecular flexibility index (Phi) is 3.28. The highest BCUT2D eigenvalue weighted by Gasteiger charge is 2.05. The highest BCUT2D eigenvalue weighted by atomic mass is 16.5. The van der Waals surface area contributed by atoms with Gasteiger partial charge >= 0.3 is 5.97 Å². The van der Waals surface area contributed by atoms with Crippen LogP contribution < -0.4 is 5.56 Å². The summed E-state index contributed by atoms with van der Waals surface area (Å²) in [5.41, 5.74) is 3.23. The molecule has 4 nitrogen and oxygen atoms in total. The van der Waals surface area contributed by atoms with Crippen LogP contribution >= 0.6 is 0 Å². The lowest BCUT2D eigenvalue weighted by Gasteiger charge is -2.05. The molecule has 2 aromatic carbocycles. The van der Waals surface area contributed by atoms with Gasteiger partial charge in [-0.25, -0.2) is 4.79 Å². The van der Waals surface area contributed by atoms with Crippen LogP contribution in [0.5, 0.6) is 0 Å². The summed E-state index contributed by atoms with van der Waals surface area (Å²) in [5.74, 6) is -0.349. The minimum Gasteiger partial charge on any atom is -0.465 e. The van der Waals surface area contributed by atoms with Crippen LogP contribution in [0.2, 0.25) is 0 Å². The minimum atomic E-state index is -0.349. The number of pyridine rings is 1. The van der Waals surface area contributed by atoms with Gasteiger partial charge in [0.25, 0.3) is 0 Å². The first kappa shape index (κ1) is 13.1. The summed E-state index contributed by atoms with van der Waals surface area (Å²) in [6.45, 7) is 0. The lowest BCUT2D eigenvalue weighted by Crippen LogP contribution is -2.02. The molecule has 0 unspecified atom stereocenters. The van der Waals surface area contributed by atoms with Gasteiger partial charge in [0.1, 0.15) is 0 Å². The highest BCUT2D eigenvalue weighted by Crippen LogP contribution is 2.23. The van der Waals surface area contributed by atoms with Crippen LogP contribution in [0.1, 0.15) is 10.4 Å². The molecule has 0 saturated heterocycles. The Labute approximate surface area is 121 Å². The second kappa shape index (κ2) is 5.25. The van der Waals surface area contributed by atoms with E-state index in [1.165, 1.54) is 13.2 Å². The zero-order chi connectivity index (χ0) is 14.8. The van der Waals surface area contributed by atoms with Crippen molar-refractivity contribution in [2.45, 2.75) is 0 Å². The molecule has 0 fully saturated rings. The maximum absolute atomic E-state index is 11.4. The minimum absolute atomic E-state index is 0.113. The van der Waals surface area contributed by atoms with Gasteiger partial charge in [0.05, 0.1) is 12.7 Å².